The Labute approximate surface area is 154 Å². The number of aromatic nitrogens is 1. The number of rotatable bonds is 6. The molecule has 0 fully saturated rings. The van der Waals surface area contributed by atoms with E-state index in [4.69, 9.17) is 22.1 Å². The maximum atomic E-state index is 12.4. The second-order valence-electron chi connectivity index (χ2n) is 4.90. The number of aliphatic imine (C=N–C) groups is 1. The number of nitrogens with two attached hydrogens (primary N) is 1. The molecule has 5 nitrogen and oxygen atoms in total. The normalized spacial score (nSPS) is 12.0. The Balaban J connectivity index is 0.00000484. The Morgan fingerprint density at radius 2 is 2.13 bits per heavy atom. The first-order chi connectivity index (χ1) is 10.2. The first-order valence-electron chi connectivity index (χ1n) is 6.59. The van der Waals surface area contributed by atoms with Crippen molar-refractivity contribution in [2.75, 3.05) is 19.7 Å². The highest BCUT2D eigenvalue weighted by atomic mass is 127. The van der Waals surface area contributed by atoms with Crippen molar-refractivity contribution in [3.05, 3.63) is 22.8 Å². The number of hydrogen-bond acceptors (Lipinski definition) is 3. The molecule has 10 heteroatoms. The van der Waals surface area contributed by atoms with Gasteiger partial charge in [0.1, 0.15) is 11.6 Å². The minimum Gasteiger partial charge on any atom is -0.475 e. The van der Waals surface area contributed by atoms with Crippen molar-refractivity contribution < 1.29 is 17.9 Å². The van der Waals surface area contributed by atoms with Gasteiger partial charge >= 0.3 is 6.18 Å². The number of pyridine rings is 1. The van der Waals surface area contributed by atoms with Gasteiger partial charge in [-0.15, -0.1) is 24.0 Å². The Morgan fingerprint density at radius 3 is 2.65 bits per heavy atom. The van der Waals surface area contributed by atoms with E-state index in [9.17, 15) is 13.2 Å². The molecule has 1 rings (SSSR count). The van der Waals surface area contributed by atoms with Crippen molar-refractivity contribution in [3.63, 3.8) is 0 Å². The van der Waals surface area contributed by atoms with Crippen LogP contribution in [0.15, 0.2) is 17.3 Å². The minimum atomic E-state index is -4.49. The third kappa shape index (κ3) is 8.45. The summed E-state index contributed by atoms with van der Waals surface area (Å²) in [6, 6.07) is 0.774. The zero-order chi connectivity index (χ0) is 16.8. The molecule has 132 valence electrons. The van der Waals surface area contributed by atoms with Gasteiger partial charge in [0.2, 0.25) is 5.88 Å². The van der Waals surface area contributed by atoms with E-state index < -0.39 is 11.7 Å². The molecule has 3 N–H and O–H groups in total. The lowest BCUT2D eigenvalue weighted by Gasteiger charge is -2.11. The molecule has 0 unspecified atom stereocenters. The van der Waals surface area contributed by atoms with Crippen LogP contribution in [-0.2, 0) is 6.18 Å². The molecule has 0 saturated heterocycles. The van der Waals surface area contributed by atoms with Crippen LogP contribution in [0.5, 0.6) is 5.88 Å². The summed E-state index contributed by atoms with van der Waals surface area (Å²) in [7, 11) is 0. The largest absolute Gasteiger partial charge is 0.475 e. The van der Waals surface area contributed by atoms with Crippen molar-refractivity contribution in [1.29, 1.82) is 0 Å². The van der Waals surface area contributed by atoms with Crippen LogP contribution in [0.25, 0.3) is 0 Å². The highest BCUT2D eigenvalue weighted by molar-refractivity contribution is 14.0. The van der Waals surface area contributed by atoms with E-state index in [1.54, 1.807) is 0 Å². The van der Waals surface area contributed by atoms with Crippen LogP contribution in [0, 0.1) is 5.92 Å². The molecular formula is C13H19ClF3IN4O. The average Bonchev–Trinajstić information content (AvgIpc) is 2.41. The predicted molar refractivity (Wildman–Crippen MR) is 94.5 cm³/mol. The van der Waals surface area contributed by atoms with Crippen molar-refractivity contribution in [2.24, 2.45) is 16.6 Å². The lowest BCUT2D eigenvalue weighted by Crippen LogP contribution is -2.35. The molecular weight excluding hydrogens is 448 g/mol. The van der Waals surface area contributed by atoms with Crippen LogP contribution >= 0.6 is 35.6 Å². The fourth-order valence-corrected chi connectivity index (χ4v) is 1.57. The Hall–Kier alpha value is -0.970. The zero-order valence-corrected chi connectivity index (χ0v) is 15.7. The van der Waals surface area contributed by atoms with E-state index in [2.05, 4.69) is 15.3 Å². The minimum absolute atomic E-state index is 0. The number of hydrogen-bond donors (Lipinski definition) is 2. The average molecular weight is 467 g/mol. The molecule has 0 aliphatic heterocycles. The summed E-state index contributed by atoms with van der Waals surface area (Å²) >= 11 is 5.71. The van der Waals surface area contributed by atoms with Crippen LogP contribution in [0.1, 0.15) is 19.4 Å². The topological polar surface area (TPSA) is 72.5 Å². The van der Waals surface area contributed by atoms with Crippen LogP contribution < -0.4 is 15.8 Å². The van der Waals surface area contributed by atoms with Crippen molar-refractivity contribution >= 4 is 41.5 Å². The molecule has 0 radical (unpaired) electrons. The summed E-state index contributed by atoms with van der Waals surface area (Å²) in [6.07, 6.45) is -3.81. The number of halogens is 5. The first-order valence-corrected chi connectivity index (χ1v) is 6.97. The summed E-state index contributed by atoms with van der Waals surface area (Å²) in [5.74, 6) is 0.615. The van der Waals surface area contributed by atoms with Gasteiger partial charge in [-0.1, -0.05) is 25.4 Å². The summed E-state index contributed by atoms with van der Waals surface area (Å²) in [4.78, 5) is 7.64. The van der Waals surface area contributed by atoms with E-state index >= 15 is 0 Å². The van der Waals surface area contributed by atoms with Crippen molar-refractivity contribution in [3.8, 4) is 5.88 Å². The van der Waals surface area contributed by atoms with Gasteiger partial charge in [-0.3, -0.25) is 4.99 Å². The molecule has 0 atom stereocenters. The van der Waals surface area contributed by atoms with Gasteiger partial charge in [-0.25, -0.2) is 4.98 Å². The van der Waals surface area contributed by atoms with Gasteiger partial charge in [0.25, 0.3) is 0 Å². The van der Waals surface area contributed by atoms with E-state index in [1.165, 1.54) is 0 Å². The molecule has 0 saturated carbocycles. The van der Waals surface area contributed by atoms with Gasteiger partial charge in [-0.05, 0) is 12.0 Å². The lowest BCUT2D eigenvalue weighted by molar-refractivity contribution is -0.137. The summed E-state index contributed by atoms with van der Waals surface area (Å²) in [5, 5.41) is 2.62. The molecule has 0 amide bonds. The van der Waals surface area contributed by atoms with Crippen LogP contribution in [0.4, 0.5) is 13.2 Å². The second-order valence-corrected chi connectivity index (χ2v) is 5.31. The lowest BCUT2D eigenvalue weighted by atomic mass is 10.2. The second kappa shape index (κ2) is 10.0. The first kappa shape index (κ1) is 22.0. The molecule has 1 aromatic rings. The number of nitrogens with zero attached hydrogens (tertiary/aromatic N) is 2. The molecule has 23 heavy (non-hydrogen) atoms. The van der Waals surface area contributed by atoms with Gasteiger partial charge in [-0.2, -0.15) is 13.2 Å². The van der Waals surface area contributed by atoms with Gasteiger partial charge < -0.3 is 15.8 Å². The van der Waals surface area contributed by atoms with Crippen molar-refractivity contribution in [1.82, 2.24) is 10.3 Å². The molecule has 0 bridgehead atoms. The van der Waals surface area contributed by atoms with Crippen LogP contribution in [0.3, 0.4) is 0 Å². The Bertz CT molecular complexity index is 526. The SMILES string of the molecule is CC(C)CN=C(N)NCCOc1ncc(C(F)(F)F)cc1Cl.I. The molecule has 0 aliphatic carbocycles. The van der Waals surface area contributed by atoms with E-state index in [1.807, 2.05) is 13.8 Å². The standard InChI is InChI=1S/C13H18ClF3N4O.HI/c1-8(2)6-21-12(18)19-3-4-22-11-10(14)5-9(7-20-11)13(15,16)17;/h5,7-8H,3-4,6H2,1-2H3,(H3,18,19,21);1H. The zero-order valence-electron chi connectivity index (χ0n) is 12.7. The van der Waals surface area contributed by atoms with E-state index in [-0.39, 0.29) is 47.4 Å². The maximum absolute atomic E-state index is 12.4. The van der Waals surface area contributed by atoms with E-state index in [0.29, 0.717) is 25.2 Å². The third-order valence-corrected chi connectivity index (χ3v) is 2.68. The maximum Gasteiger partial charge on any atom is 0.417 e. The highest BCUT2D eigenvalue weighted by Gasteiger charge is 2.31. The van der Waals surface area contributed by atoms with Gasteiger partial charge in [0, 0.05) is 12.7 Å². The predicted octanol–water partition coefficient (Wildman–Crippen LogP) is 3.31. The fourth-order valence-electron chi connectivity index (χ4n) is 1.35. The van der Waals surface area contributed by atoms with Gasteiger partial charge in [0.05, 0.1) is 12.1 Å². The Morgan fingerprint density at radius 1 is 1.48 bits per heavy atom. The molecule has 0 aliphatic rings. The smallest absolute Gasteiger partial charge is 0.417 e. The number of alkyl halides is 3. The number of guanidine groups is 1. The van der Waals surface area contributed by atoms with Crippen LogP contribution in [0.2, 0.25) is 5.02 Å². The molecule has 1 aromatic heterocycles. The van der Waals surface area contributed by atoms with Gasteiger partial charge in [0.15, 0.2) is 5.96 Å². The van der Waals surface area contributed by atoms with E-state index in [0.717, 1.165) is 6.07 Å². The summed E-state index contributed by atoms with van der Waals surface area (Å²) < 4.78 is 42.5. The molecule has 0 spiro atoms. The Kier molecular flexibility index (Phi) is 9.59. The third-order valence-electron chi connectivity index (χ3n) is 2.41. The molecule has 1 heterocycles. The highest BCUT2D eigenvalue weighted by Crippen LogP contribution is 2.32. The summed E-state index contributed by atoms with van der Waals surface area (Å²) in [6.45, 7) is 5.09. The quantitative estimate of drug-likeness (QED) is 0.292. The number of ether oxygens (including phenoxy) is 1. The molecule has 0 aromatic carbocycles. The van der Waals surface area contributed by atoms with Crippen molar-refractivity contribution in [2.45, 2.75) is 20.0 Å². The fraction of sp³-hybridized carbons (Fsp3) is 0.538. The monoisotopic (exact) mass is 466 g/mol. The van der Waals surface area contributed by atoms with Crippen LogP contribution in [-0.4, -0.2) is 30.6 Å². The summed E-state index contributed by atoms with van der Waals surface area (Å²) in [5.41, 5.74) is 4.69. The number of nitrogens with one attached hydrogen (secondary N) is 1.